The molecule has 1 aromatic carbocycles. The highest BCUT2D eigenvalue weighted by molar-refractivity contribution is 6.03. The Balaban J connectivity index is 1.64. The molecule has 196 valence electrons. The van der Waals surface area contributed by atoms with Crippen molar-refractivity contribution < 1.29 is 27.6 Å². The van der Waals surface area contributed by atoms with Crippen molar-refractivity contribution in [2.45, 2.75) is 77.2 Å². The molecule has 0 aromatic heterocycles. The third kappa shape index (κ3) is 4.95. The summed E-state index contributed by atoms with van der Waals surface area (Å²) in [7, 11) is 0. The maximum atomic E-state index is 13.8. The van der Waals surface area contributed by atoms with Crippen molar-refractivity contribution in [3.8, 4) is 0 Å². The van der Waals surface area contributed by atoms with Crippen LogP contribution in [0.2, 0.25) is 0 Å². The zero-order chi connectivity index (χ0) is 26.2. The lowest BCUT2D eigenvalue weighted by molar-refractivity contribution is -0.138. The highest BCUT2D eigenvalue weighted by Gasteiger charge is 2.47. The van der Waals surface area contributed by atoms with E-state index in [0.717, 1.165) is 44.2 Å². The van der Waals surface area contributed by atoms with Gasteiger partial charge in [-0.15, -0.1) is 0 Å². The molecule has 0 bridgehead atoms. The Morgan fingerprint density at radius 3 is 2.31 bits per heavy atom. The Labute approximate surface area is 209 Å². The molecule has 0 unspecified atom stereocenters. The molecule has 4 amide bonds. The first-order valence-corrected chi connectivity index (χ1v) is 12.6. The Hall–Kier alpha value is -3.04. The number of nitrogens with one attached hydrogen (secondary N) is 2. The first-order chi connectivity index (χ1) is 17.0. The van der Waals surface area contributed by atoms with Gasteiger partial charge in [-0.2, -0.15) is 13.2 Å². The molecule has 0 spiro atoms. The van der Waals surface area contributed by atoms with E-state index < -0.39 is 29.9 Å². The fourth-order valence-electron chi connectivity index (χ4n) is 5.52. The van der Waals surface area contributed by atoms with Crippen LogP contribution in [0.5, 0.6) is 0 Å². The zero-order valence-electron chi connectivity index (χ0n) is 20.8. The summed E-state index contributed by atoms with van der Waals surface area (Å²) in [6, 6.07) is 2.49. The van der Waals surface area contributed by atoms with Gasteiger partial charge in [0.2, 0.25) is 5.91 Å². The summed E-state index contributed by atoms with van der Waals surface area (Å²) in [5, 5.41) is 5.90. The third-order valence-electron chi connectivity index (χ3n) is 7.32. The number of rotatable bonds is 6. The maximum absolute atomic E-state index is 13.8. The number of amides is 4. The van der Waals surface area contributed by atoms with E-state index >= 15 is 0 Å². The molecule has 1 saturated carbocycles. The Bertz CT molecular complexity index is 1050. The maximum Gasteiger partial charge on any atom is 0.416 e. The fraction of sp³-hybridized carbons (Fsp3) is 0.577. The van der Waals surface area contributed by atoms with Gasteiger partial charge in [0.15, 0.2) is 0 Å². The molecule has 3 aliphatic rings. The van der Waals surface area contributed by atoms with Gasteiger partial charge in [0, 0.05) is 12.6 Å². The van der Waals surface area contributed by atoms with Gasteiger partial charge in [0.05, 0.1) is 29.4 Å². The minimum atomic E-state index is -4.49. The van der Waals surface area contributed by atoms with Crippen molar-refractivity contribution in [3.63, 3.8) is 0 Å². The standard InChI is InChI=1S/C26H33F3N4O3/c1-4-32-19-14-33(22(15(2)3)23(34)30-18-8-6-5-7-9-18)24(35)20(19)21(31-25(32)36)16-10-12-17(13-11-16)26(27,28)29/h10-13,15,18,21-22H,4-9,14H2,1-3H3,(H,30,34)(H,31,36)/t21-,22+/m0/s1. The van der Waals surface area contributed by atoms with E-state index in [-0.39, 0.29) is 30.3 Å². The summed E-state index contributed by atoms with van der Waals surface area (Å²) in [5.41, 5.74) is 0.360. The van der Waals surface area contributed by atoms with Gasteiger partial charge in [-0.05, 0) is 43.4 Å². The molecular weight excluding hydrogens is 473 g/mol. The molecule has 2 atom stereocenters. The normalized spacial score (nSPS) is 22.1. The lowest BCUT2D eigenvalue weighted by Crippen LogP contribution is -2.53. The Morgan fingerprint density at radius 1 is 1.11 bits per heavy atom. The second-order valence-corrected chi connectivity index (χ2v) is 10.1. The Kier molecular flexibility index (Phi) is 7.33. The van der Waals surface area contributed by atoms with Crippen LogP contribution in [0, 0.1) is 5.92 Å². The first-order valence-electron chi connectivity index (χ1n) is 12.6. The van der Waals surface area contributed by atoms with Gasteiger partial charge >= 0.3 is 12.2 Å². The van der Waals surface area contributed by atoms with Crippen LogP contribution in [0.4, 0.5) is 18.0 Å². The highest BCUT2D eigenvalue weighted by atomic mass is 19.4. The molecule has 0 radical (unpaired) electrons. The van der Waals surface area contributed by atoms with Gasteiger partial charge < -0.3 is 15.5 Å². The van der Waals surface area contributed by atoms with E-state index in [2.05, 4.69) is 10.6 Å². The van der Waals surface area contributed by atoms with Gasteiger partial charge in [-0.25, -0.2) is 4.79 Å². The summed E-state index contributed by atoms with van der Waals surface area (Å²) >= 11 is 0. The van der Waals surface area contributed by atoms with E-state index in [1.807, 2.05) is 13.8 Å². The molecule has 1 aliphatic carbocycles. The van der Waals surface area contributed by atoms with Crippen molar-refractivity contribution in [2.24, 2.45) is 5.92 Å². The van der Waals surface area contributed by atoms with Crippen LogP contribution in [-0.4, -0.2) is 52.8 Å². The van der Waals surface area contributed by atoms with Gasteiger partial charge in [0.1, 0.15) is 6.04 Å². The molecule has 2 N–H and O–H groups in total. The quantitative estimate of drug-likeness (QED) is 0.602. The Morgan fingerprint density at radius 2 is 1.75 bits per heavy atom. The van der Waals surface area contributed by atoms with E-state index in [0.29, 0.717) is 23.4 Å². The SMILES string of the molecule is CCN1C(=O)N[C@@H](c2ccc(C(F)(F)F)cc2)C2=C1CN([C@@H](C(=O)NC1CCCCC1)C(C)C)C2=O. The molecule has 2 heterocycles. The summed E-state index contributed by atoms with van der Waals surface area (Å²) in [4.78, 5) is 43.0. The fourth-order valence-corrected chi connectivity index (χ4v) is 5.52. The predicted molar refractivity (Wildman–Crippen MR) is 127 cm³/mol. The van der Waals surface area contributed by atoms with Crippen LogP contribution in [0.15, 0.2) is 35.5 Å². The number of benzene rings is 1. The van der Waals surface area contributed by atoms with Crippen molar-refractivity contribution in [1.29, 1.82) is 0 Å². The number of carbonyl (C=O) groups is 3. The van der Waals surface area contributed by atoms with Crippen molar-refractivity contribution in [1.82, 2.24) is 20.4 Å². The van der Waals surface area contributed by atoms with Crippen LogP contribution in [0.3, 0.4) is 0 Å². The molecule has 7 nitrogen and oxygen atoms in total. The monoisotopic (exact) mass is 506 g/mol. The van der Waals surface area contributed by atoms with Gasteiger partial charge in [-0.3, -0.25) is 14.5 Å². The number of hydrogen-bond acceptors (Lipinski definition) is 3. The molecule has 1 aromatic rings. The number of halogens is 3. The van der Waals surface area contributed by atoms with Gasteiger partial charge in [-0.1, -0.05) is 45.2 Å². The summed E-state index contributed by atoms with van der Waals surface area (Å²) in [6.45, 7) is 5.94. The van der Waals surface area contributed by atoms with Gasteiger partial charge in [0.25, 0.3) is 5.91 Å². The minimum Gasteiger partial charge on any atom is -0.352 e. The number of likely N-dealkylation sites (N-methyl/N-ethyl adjacent to an activating group) is 1. The van der Waals surface area contributed by atoms with E-state index in [4.69, 9.17) is 0 Å². The number of urea groups is 1. The summed E-state index contributed by atoms with van der Waals surface area (Å²) < 4.78 is 39.2. The van der Waals surface area contributed by atoms with Crippen molar-refractivity contribution in [3.05, 3.63) is 46.7 Å². The number of carbonyl (C=O) groups excluding carboxylic acids is 3. The average molecular weight is 507 g/mol. The van der Waals surface area contributed by atoms with E-state index in [9.17, 15) is 27.6 Å². The number of alkyl halides is 3. The third-order valence-corrected chi connectivity index (χ3v) is 7.32. The first kappa shape index (κ1) is 26.0. The van der Waals surface area contributed by atoms with Crippen LogP contribution in [-0.2, 0) is 15.8 Å². The molecule has 1 fully saturated rings. The molecule has 10 heteroatoms. The van der Waals surface area contributed by atoms with Crippen LogP contribution in [0.1, 0.15) is 70.0 Å². The van der Waals surface area contributed by atoms with Crippen molar-refractivity contribution >= 4 is 17.8 Å². The molecule has 2 aliphatic heterocycles. The second kappa shape index (κ2) is 10.1. The molecule has 4 rings (SSSR count). The molecule has 36 heavy (non-hydrogen) atoms. The van der Waals surface area contributed by atoms with Crippen LogP contribution in [0.25, 0.3) is 0 Å². The summed E-state index contributed by atoms with van der Waals surface area (Å²) in [5.74, 6) is -0.772. The summed E-state index contributed by atoms with van der Waals surface area (Å²) in [6.07, 6.45) is 0.608. The lowest BCUT2D eigenvalue weighted by atomic mass is 9.93. The molecule has 0 saturated heterocycles. The topological polar surface area (TPSA) is 81.8 Å². The second-order valence-electron chi connectivity index (χ2n) is 10.1. The largest absolute Gasteiger partial charge is 0.416 e. The van der Waals surface area contributed by atoms with Crippen LogP contribution >= 0.6 is 0 Å². The average Bonchev–Trinajstić information content (AvgIpc) is 3.15. The predicted octanol–water partition coefficient (Wildman–Crippen LogP) is 4.36. The van der Waals surface area contributed by atoms with Crippen LogP contribution < -0.4 is 10.6 Å². The highest BCUT2D eigenvalue weighted by Crippen LogP contribution is 2.39. The van der Waals surface area contributed by atoms with E-state index in [1.54, 1.807) is 6.92 Å². The zero-order valence-corrected chi connectivity index (χ0v) is 20.8. The minimum absolute atomic E-state index is 0.0862. The smallest absolute Gasteiger partial charge is 0.352 e. The van der Waals surface area contributed by atoms with E-state index in [1.165, 1.54) is 21.9 Å². The molecular formula is C26H33F3N4O3. The van der Waals surface area contributed by atoms with Crippen molar-refractivity contribution in [2.75, 3.05) is 13.1 Å². The lowest BCUT2D eigenvalue weighted by Gasteiger charge is -2.33. The number of hydrogen-bond donors (Lipinski definition) is 2. The number of nitrogens with zero attached hydrogens (tertiary/aromatic N) is 2.